The normalized spacial score (nSPS) is 24.3. The Labute approximate surface area is 65.1 Å². The van der Waals surface area contributed by atoms with Crippen LogP contribution in [0, 0.1) is 0 Å². The summed E-state index contributed by atoms with van der Waals surface area (Å²) < 4.78 is 0. The van der Waals surface area contributed by atoms with E-state index in [1.165, 1.54) is 5.56 Å². The molecule has 0 bridgehead atoms. The highest BCUT2D eigenvalue weighted by Crippen LogP contribution is 2.28. The van der Waals surface area contributed by atoms with Crippen LogP contribution in [0.15, 0.2) is 11.4 Å². The van der Waals surface area contributed by atoms with Crippen LogP contribution in [0.5, 0.6) is 0 Å². The van der Waals surface area contributed by atoms with Gasteiger partial charge in [0.1, 0.15) is 0 Å². The lowest BCUT2D eigenvalue weighted by Gasteiger charge is -2.18. The minimum absolute atomic E-state index is 0.726. The van der Waals surface area contributed by atoms with Crippen molar-refractivity contribution < 1.29 is 0 Å². The van der Waals surface area contributed by atoms with E-state index in [-0.39, 0.29) is 0 Å². The van der Waals surface area contributed by atoms with Crippen LogP contribution >= 0.6 is 11.3 Å². The minimum Gasteiger partial charge on any atom is -0.312 e. The molecule has 0 saturated heterocycles. The molecule has 0 spiro atoms. The second-order valence-corrected chi connectivity index (χ2v) is 3.79. The van der Waals surface area contributed by atoms with Crippen molar-refractivity contribution in [2.45, 2.75) is 19.4 Å². The van der Waals surface area contributed by atoms with Crippen molar-refractivity contribution >= 4 is 11.3 Å². The molecule has 1 atom stereocenters. The maximum Gasteiger partial charge on any atom is 0.0216 e. The summed E-state index contributed by atoms with van der Waals surface area (Å²) in [5, 5.41) is 5.57. The Morgan fingerprint density at radius 2 is 2.60 bits per heavy atom. The van der Waals surface area contributed by atoms with Crippen LogP contribution in [0.2, 0.25) is 0 Å². The van der Waals surface area contributed by atoms with Crippen molar-refractivity contribution in [3.63, 3.8) is 0 Å². The van der Waals surface area contributed by atoms with Gasteiger partial charge in [0.05, 0.1) is 0 Å². The van der Waals surface area contributed by atoms with E-state index in [0.29, 0.717) is 0 Å². The first kappa shape index (κ1) is 6.38. The lowest BCUT2D eigenvalue weighted by atomic mass is 10.0. The average Bonchev–Trinajstić information content (AvgIpc) is 2.36. The van der Waals surface area contributed by atoms with Crippen molar-refractivity contribution in [1.82, 2.24) is 5.32 Å². The molecule has 1 aliphatic rings. The Kier molecular flexibility index (Phi) is 1.51. The van der Waals surface area contributed by atoms with Gasteiger partial charge in [0, 0.05) is 23.9 Å². The van der Waals surface area contributed by atoms with E-state index in [4.69, 9.17) is 0 Å². The third-order valence-corrected chi connectivity index (χ3v) is 3.18. The van der Waals surface area contributed by atoms with Gasteiger partial charge in [-0.05, 0) is 17.0 Å². The standard InChI is InChI=1S/C8H11NS/c1-6-4-9-5-7-2-3-10-8(6)7/h2-3,6,9H,4-5H2,1H3/t6-/m0/s1. The maximum absolute atomic E-state index is 3.38. The number of thiophene rings is 1. The van der Waals surface area contributed by atoms with Gasteiger partial charge < -0.3 is 5.32 Å². The van der Waals surface area contributed by atoms with Crippen molar-refractivity contribution in [1.29, 1.82) is 0 Å². The molecule has 2 heteroatoms. The lowest BCUT2D eigenvalue weighted by Crippen LogP contribution is -2.24. The molecular weight excluding hydrogens is 142 g/mol. The van der Waals surface area contributed by atoms with Gasteiger partial charge in [0.25, 0.3) is 0 Å². The number of rotatable bonds is 0. The van der Waals surface area contributed by atoms with E-state index in [2.05, 4.69) is 23.7 Å². The Bertz CT molecular complexity index is 229. The van der Waals surface area contributed by atoms with Crippen molar-refractivity contribution in [2.24, 2.45) is 0 Å². The van der Waals surface area contributed by atoms with Gasteiger partial charge in [-0.2, -0.15) is 0 Å². The first-order valence-electron chi connectivity index (χ1n) is 3.65. The second-order valence-electron chi connectivity index (χ2n) is 2.84. The fraction of sp³-hybridized carbons (Fsp3) is 0.500. The van der Waals surface area contributed by atoms with E-state index in [1.807, 2.05) is 11.3 Å². The summed E-state index contributed by atoms with van der Waals surface area (Å²) >= 11 is 1.89. The molecule has 1 aliphatic heterocycles. The number of nitrogens with one attached hydrogen (secondary N) is 1. The summed E-state index contributed by atoms with van der Waals surface area (Å²) in [4.78, 5) is 1.58. The summed E-state index contributed by atoms with van der Waals surface area (Å²) in [5.74, 6) is 0.726. The van der Waals surface area contributed by atoms with Gasteiger partial charge in [-0.1, -0.05) is 6.92 Å². The zero-order valence-corrected chi connectivity index (χ0v) is 6.87. The predicted octanol–water partition coefficient (Wildman–Crippen LogP) is 1.95. The Balaban J connectivity index is 2.41. The SMILES string of the molecule is C[C@H]1CNCc2ccsc21. The van der Waals surface area contributed by atoms with Gasteiger partial charge >= 0.3 is 0 Å². The molecule has 0 fully saturated rings. The number of hydrogen-bond donors (Lipinski definition) is 1. The molecule has 1 nitrogen and oxygen atoms in total. The smallest absolute Gasteiger partial charge is 0.0216 e. The van der Waals surface area contributed by atoms with E-state index >= 15 is 0 Å². The number of hydrogen-bond acceptors (Lipinski definition) is 2. The first-order valence-corrected chi connectivity index (χ1v) is 4.53. The highest BCUT2D eigenvalue weighted by Gasteiger charge is 2.15. The summed E-state index contributed by atoms with van der Waals surface area (Å²) in [7, 11) is 0. The summed E-state index contributed by atoms with van der Waals surface area (Å²) in [6, 6.07) is 2.22. The van der Waals surface area contributed by atoms with Gasteiger partial charge in [0.15, 0.2) is 0 Å². The molecule has 54 valence electrons. The third kappa shape index (κ3) is 0.879. The van der Waals surface area contributed by atoms with Crippen LogP contribution in [0.4, 0.5) is 0 Å². The quantitative estimate of drug-likeness (QED) is 0.600. The Morgan fingerprint density at radius 1 is 1.70 bits per heavy atom. The number of fused-ring (bicyclic) bond motifs is 1. The van der Waals surface area contributed by atoms with Gasteiger partial charge in [-0.15, -0.1) is 11.3 Å². The molecular formula is C8H11NS. The van der Waals surface area contributed by atoms with Crippen LogP contribution < -0.4 is 5.32 Å². The molecule has 2 rings (SSSR count). The largest absolute Gasteiger partial charge is 0.312 e. The van der Waals surface area contributed by atoms with E-state index < -0.39 is 0 Å². The monoisotopic (exact) mass is 153 g/mol. The Hall–Kier alpha value is -0.340. The molecule has 0 amide bonds. The molecule has 1 N–H and O–H groups in total. The van der Waals surface area contributed by atoms with Gasteiger partial charge in [-0.25, -0.2) is 0 Å². The zero-order chi connectivity index (χ0) is 6.97. The van der Waals surface area contributed by atoms with E-state index in [9.17, 15) is 0 Å². The summed E-state index contributed by atoms with van der Waals surface area (Å²) in [5.41, 5.74) is 1.50. The average molecular weight is 153 g/mol. The fourth-order valence-corrected chi connectivity index (χ4v) is 2.43. The molecule has 0 radical (unpaired) electrons. The highest BCUT2D eigenvalue weighted by atomic mass is 32.1. The summed E-state index contributed by atoms with van der Waals surface area (Å²) in [6.45, 7) is 4.50. The van der Waals surface area contributed by atoms with Crippen LogP contribution in [-0.4, -0.2) is 6.54 Å². The van der Waals surface area contributed by atoms with Crippen LogP contribution in [0.25, 0.3) is 0 Å². The van der Waals surface area contributed by atoms with E-state index in [0.717, 1.165) is 19.0 Å². The zero-order valence-electron chi connectivity index (χ0n) is 6.05. The summed E-state index contributed by atoms with van der Waals surface area (Å²) in [6.07, 6.45) is 0. The maximum atomic E-state index is 3.38. The third-order valence-electron chi connectivity index (χ3n) is 1.99. The molecule has 1 aromatic rings. The fourth-order valence-electron chi connectivity index (χ4n) is 1.44. The first-order chi connectivity index (χ1) is 4.88. The molecule has 1 aromatic heterocycles. The lowest BCUT2D eigenvalue weighted by molar-refractivity contribution is 0.581. The molecule has 0 aromatic carbocycles. The van der Waals surface area contributed by atoms with Crippen molar-refractivity contribution in [2.75, 3.05) is 6.54 Å². The predicted molar refractivity (Wildman–Crippen MR) is 44.4 cm³/mol. The second kappa shape index (κ2) is 2.36. The molecule has 0 saturated carbocycles. The van der Waals surface area contributed by atoms with Crippen LogP contribution in [0.3, 0.4) is 0 Å². The molecule has 10 heavy (non-hydrogen) atoms. The minimum atomic E-state index is 0.726. The topological polar surface area (TPSA) is 12.0 Å². The van der Waals surface area contributed by atoms with Crippen LogP contribution in [-0.2, 0) is 6.54 Å². The Morgan fingerprint density at radius 3 is 3.40 bits per heavy atom. The van der Waals surface area contributed by atoms with Crippen LogP contribution in [0.1, 0.15) is 23.3 Å². The molecule has 2 heterocycles. The highest BCUT2D eigenvalue weighted by molar-refractivity contribution is 7.10. The molecule has 0 aliphatic carbocycles. The molecule has 0 unspecified atom stereocenters. The van der Waals surface area contributed by atoms with Crippen molar-refractivity contribution in [3.8, 4) is 0 Å². The van der Waals surface area contributed by atoms with Crippen molar-refractivity contribution in [3.05, 3.63) is 21.9 Å². The van der Waals surface area contributed by atoms with Gasteiger partial charge in [-0.3, -0.25) is 0 Å². The van der Waals surface area contributed by atoms with Gasteiger partial charge in [0.2, 0.25) is 0 Å². The van der Waals surface area contributed by atoms with E-state index in [1.54, 1.807) is 4.88 Å².